The van der Waals surface area contributed by atoms with Gasteiger partial charge >= 0.3 is 0 Å². The van der Waals surface area contributed by atoms with Crippen molar-refractivity contribution in [3.8, 4) is 5.75 Å². The van der Waals surface area contributed by atoms with Gasteiger partial charge in [0.2, 0.25) is 0 Å². The molecule has 0 spiro atoms. The summed E-state index contributed by atoms with van der Waals surface area (Å²) in [5.41, 5.74) is 4.30. The molecule has 0 fully saturated rings. The molecule has 0 atom stereocenters. The van der Waals surface area contributed by atoms with Crippen molar-refractivity contribution in [1.29, 1.82) is 0 Å². The number of nitrogens with one attached hydrogen (secondary N) is 2. The van der Waals surface area contributed by atoms with Gasteiger partial charge < -0.3 is 15.4 Å². The minimum atomic E-state index is -0.292. The molecule has 0 aliphatic heterocycles. The zero-order valence-electron chi connectivity index (χ0n) is 16.8. The zero-order chi connectivity index (χ0) is 20.8. The Balaban J connectivity index is 1.76. The van der Waals surface area contributed by atoms with E-state index < -0.39 is 0 Å². The highest BCUT2D eigenvalue weighted by molar-refractivity contribution is 6.12. The SMILES string of the molecule is CCOc1ccc(C(=O)Nc2ccccc2C(=O)Nc2ccc(C)c(C)c2)cc1. The molecule has 0 saturated heterocycles. The Bertz CT molecular complexity index is 1030. The van der Waals surface area contributed by atoms with Crippen LogP contribution in [0.3, 0.4) is 0 Å². The molecule has 2 amide bonds. The van der Waals surface area contributed by atoms with Crippen LogP contribution in [-0.4, -0.2) is 18.4 Å². The molecule has 0 unspecified atom stereocenters. The number of rotatable bonds is 6. The Kier molecular flexibility index (Phi) is 6.29. The van der Waals surface area contributed by atoms with Crippen molar-refractivity contribution in [1.82, 2.24) is 0 Å². The molecule has 0 saturated carbocycles. The number of carbonyl (C=O) groups excluding carboxylic acids is 2. The maximum atomic E-state index is 12.8. The van der Waals surface area contributed by atoms with Crippen molar-refractivity contribution in [2.75, 3.05) is 17.2 Å². The normalized spacial score (nSPS) is 10.3. The first-order chi connectivity index (χ1) is 14.0. The summed E-state index contributed by atoms with van der Waals surface area (Å²) in [5, 5.41) is 5.72. The van der Waals surface area contributed by atoms with Gasteiger partial charge in [0.25, 0.3) is 11.8 Å². The Morgan fingerprint density at radius 2 is 1.55 bits per heavy atom. The third kappa shape index (κ3) is 5.02. The minimum absolute atomic E-state index is 0.282. The summed E-state index contributed by atoms with van der Waals surface area (Å²) in [4.78, 5) is 25.4. The lowest BCUT2D eigenvalue weighted by Gasteiger charge is -2.12. The van der Waals surface area contributed by atoms with Gasteiger partial charge in [-0.05, 0) is 80.4 Å². The lowest BCUT2D eigenvalue weighted by Crippen LogP contribution is -2.18. The lowest BCUT2D eigenvalue weighted by molar-refractivity contribution is 0.102. The van der Waals surface area contributed by atoms with Crippen LogP contribution in [0, 0.1) is 13.8 Å². The first-order valence-corrected chi connectivity index (χ1v) is 9.49. The molecular weight excluding hydrogens is 364 g/mol. The zero-order valence-corrected chi connectivity index (χ0v) is 16.8. The highest BCUT2D eigenvalue weighted by Crippen LogP contribution is 2.20. The maximum absolute atomic E-state index is 12.8. The summed E-state index contributed by atoms with van der Waals surface area (Å²) in [5.74, 6) is 0.132. The number of para-hydroxylation sites is 1. The molecule has 0 heterocycles. The molecule has 0 aromatic heterocycles. The van der Waals surface area contributed by atoms with E-state index in [4.69, 9.17) is 4.74 Å². The average Bonchev–Trinajstić information content (AvgIpc) is 2.72. The summed E-state index contributed by atoms with van der Waals surface area (Å²) < 4.78 is 5.40. The number of anilines is 2. The van der Waals surface area contributed by atoms with Gasteiger partial charge in [0.05, 0.1) is 17.9 Å². The molecule has 0 radical (unpaired) electrons. The van der Waals surface area contributed by atoms with Crippen molar-refractivity contribution >= 4 is 23.2 Å². The van der Waals surface area contributed by atoms with E-state index in [1.807, 2.05) is 39.0 Å². The van der Waals surface area contributed by atoms with Gasteiger partial charge in [-0.25, -0.2) is 0 Å². The van der Waals surface area contributed by atoms with E-state index in [0.29, 0.717) is 34.9 Å². The fraction of sp³-hybridized carbons (Fsp3) is 0.167. The maximum Gasteiger partial charge on any atom is 0.257 e. The van der Waals surface area contributed by atoms with E-state index in [2.05, 4.69) is 10.6 Å². The van der Waals surface area contributed by atoms with Gasteiger partial charge in [0.15, 0.2) is 0 Å². The van der Waals surface area contributed by atoms with Crippen molar-refractivity contribution in [3.05, 3.63) is 89.0 Å². The van der Waals surface area contributed by atoms with E-state index in [9.17, 15) is 9.59 Å². The predicted molar refractivity (Wildman–Crippen MR) is 116 cm³/mol. The monoisotopic (exact) mass is 388 g/mol. The smallest absolute Gasteiger partial charge is 0.257 e. The number of benzene rings is 3. The van der Waals surface area contributed by atoms with Crippen LogP contribution in [0.1, 0.15) is 38.8 Å². The van der Waals surface area contributed by atoms with E-state index >= 15 is 0 Å². The number of ether oxygens (including phenoxy) is 1. The number of aryl methyl sites for hydroxylation is 2. The molecule has 5 nitrogen and oxygen atoms in total. The Labute approximate surface area is 170 Å². The highest BCUT2D eigenvalue weighted by Gasteiger charge is 2.14. The number of carbonyl (C=O) groups is 2. The van der Waals surface area contributed by atoms with Crippen LogP contribution in [0.25, 0.3) is 0 Å². The topological polar surface area (TPSA) is 67.4 Å². The van der Waals surface area contributed by atoms with Gasteiger partial charge in [0, 0.05) is 11.3 Å². The Morgan fingerprint density at radius 3 is 2.24 bits per heavy atom. The van der Waals surface area contributed by atoms with Crippen LogP contribution < -0.4 is 15.4 Å². The summed E-state index contributed by atoms with van der Waals surface area (Å²) in [7, 11) is 0. The van der Waals surface area contributed by atoms with E-state index in [1.54, 1.807) is 48.5 Å². The number of hydrogen-bond acceptors (Lipinski definition) is 3. The van der Waals surface area contributed by atoms with Crippen LogP contribution in [0.15, 0.2) is 66.7 Å². The van der Waals surface area contributed by atoms with Crippen molar-refractivity contribution in [2.24, 2.45) is 0 Å². The van der Waals surface area contributed by atoms with Crippen molar-refractivity contribution < 1.29 is 14.3 Å². The molecule has 2 N–H and O–H groups in total. The van der Waals surface area contributed by atoms with Crippen LogP contribution in [0.5, 0.6) is 5.75 Å². The van der Waals surface area contributed by atoms with Crippen LogP contribution in [-0.2, 0) is 0 Å². The second-order valence-corrected chi connectivity index (χ2v) is 6.71. The Hall–Kier alpha value is -3.60. The van der Waals surface area contributed by atoms with E-state index in [1.165, 1.54) is 0 Å². The lowest BCUT2D eigenvalue weighted by atomic mass is 10.1. The Morgan fingerprint density at radius 1 is 0.828 bits per heavy atom. The van der Waals surface area contributed by atoms with Crippen LogP contribution >= 0.6 is 0 Å². The third-order valence-corrected chi connectivity index (χ3v) is 4.61. The standard InChI is InChI=1S/C24H24N2O3/c1-4-29-20-13-10-18(11-14-20)23(27)26-22-8-6-5-7-21(22)24(28)25-19-12-9-16(2)17(3)15-19/h5-15H,4H2,1-3H3,(H,25,28)(H,26,27). The minimum Gasteiger partial charge on any atom is -0.494 e. The second kappa shape index (κ2) is 9.06. The molecule has 0 aliphatic rings. The van der Waals surface area contributed by atoms with Crippen LogP contribution in [0.4, 0.5) is 11.4 Å². The van der Waals surface area contributed by atoms with Gasteiger partial charge in [-0.2, -0.15) is 0 Å². The molecule has 0 aliphatic carbocycles. The van der Waals surface area contributed by atoms with E-state index in [0.717, 1.165) is 11.1 Å². The third-order valence-electron chi connectivity index (χ3n) is 4.61. The predicted octanol–water partition coefficient (Wildman–Crippen LogP) is 5.21. The molecule has 148 valence electrons. The van der Waals surface area contributed by atoms with Crippen molar-refractivity contribution in [3.63, 3.8) is 0 Å². The quantitative estimate of drug-likeness (QED) is 0.609. The van der Waals surface area contributed by atoms with Gasteiger partial charge in [-0.15, -0.1) is 0 Å². The molecule has 3 aromatic rings. The molecule has 0 bridgehead atoms. The van der Waals surface area contributed by atoms with E-state index in [-0.39, 0.29) is 11.8 Å². The van der Waals surface area contributed by atoms with Crippen molar-refractivity contribution in [2.45, 2.75) is 20.8 Å². The van der Waals surface area contributed by atoms with Crippen LogP contribution in [0.2, 0.25) is 0 Å². The molecule has 3 aromatic carbocycles. The molecule has 5 heteroatoms. The second-order valence-electron chi connectivity index (χ2n) is 6.71. The largest absolute Gasteiger partial charge is 0.494 e. The number of amides is 2. The molecule has 29 heavy (non-hydrogen) atoms. The first-order valence-electron chi connectivity index (χ1n) is 9.49. The summed E-state index contributed by atoms with van der Waals surface area (Å²) in [6, 6.07) is 19.6. The molecular formula is C24H24N2O3. The average molecular weight is 388 g/mol. The fourth-order valence-electron chi connectivity index (χ4n) is 2.87. The number of hydrogen-bond donors (Lipinski definition) is 2. The summed E-state index contributed by atoms with van der Waals surface area (Å²) in [6.07, 6.45) is 0. The summed E-state index contributed by atoms with van der Waals surface area (Å²) >= 11 is 0. The van der Waals surface area contributed by atoms with Gasteiger partial charge in [-0.3, -0.25) is 9.59 Å². The van der Waals surface area contributed by atoms with Gasteiger partial charge in [-0.1, -0.05) is 18.2 Å². The summed E-state index contributed by atoms with van der Waals surface area (Å²) in [6.45, 7) is 6.48. The highest BCUT2D eigenvalue weighted by atomic mass is 16.5. The first kappa shape index (κ1) is 20.1. The molecule has 3 rings (SSSR count). The fourth-order valence-corrected chi connectivity index (χ4v) is 2.87. The van der Waals surface area contributed by atoms with Gasteiger partial charge in [0.1, 0.15) is 5.75 Å².